The molecule has 0 N–H and O–H groups in total. The van der Waals surface area contributed by atoms with Gasteiger partial charge in [-0.1, -0.05) is 25.1 Å². The van der Waals surface area contributed by atoms with E-state index in [-0.39, 0.29) is 0 Å². The zero-order chi connectivity index (χ0) is 7.68. The largest absolute Gasteiger partial charge is 0.463 e. The van der Waals surface area contributed by atoms with Crippen molar-refractivity contribution in [1.29, 1.82) is 0 Å². The van der Waals surface area contributed by atoms with Crippen LogP contribution >= 0.6 is 0 Å². The van der Waals surface area contributed by atoms with Crippen molar-refractivity contribution >= 4 is 11.0 Å². The van der Waals surface area contributed by atoms with Crippen molar-refractivity contribution in [3.05, 3.63) is 36.1 Å². The summed E-state index contributed by atoms with van der Waals surface area (Å²) in [6.45, 7) is 2.12. The van der Waals surface area contributed by atoms with Crippen molar-refractivity contribution < 1.29 is 4.42 Å². The molecule has 55 valence electrons. The molecule has 1 nitrogen and oxygen atoms in total. The van der Waals surface area contributed by atoms with Gasteiger partial charge in [-0.25, -0.2) is 0 Å². The molecule has 1 aromatic heterocycles. The molecule has 0 unspecified atom stereocenters. The number of furan rings is 1. The lowest BCUT2D eigenvalue weighted by Crippen LogP contribution is -1.73. The van der Waals surface area contributed by atoms with Crippen molar-refractivity contribution in [3.8, 4) is 0 Å². The van der Waals surface area contributed by atoms with E-state index in [2.05, 4.69) is 19.1 Å². The fourth-order valence-corrected chi connectivity index (χ4v) is 1.24. The molecule has 11 heavy (non-hydrogen) atoms. The number of fused-ring (bicyclic) bond motifs is 1. The van der Waals surface area contributed by atoms with Crippen LogP contribution < -0.4 is 0 Å². The van der Waals surface area contributed by atoms with Gasteiger partial charge in [-0.15, -0.1) is 0 Å². The summed E-state index contributed by atoms with van der Waals surface area (Å²) in [4.78, 5) is 0. The van der Waals surface area contributed by atoms with E-state index in [1.54, 1.807) is 6.26 Å². The van der Waals surface area contributed by atoms with Gasteiger partial charge in [0.2, 0.25) is 0 Å². The van der Waals surface area contributed by atoms with Gasteiger partial charge in [0.25, 0.3) is 0 Å². The molecular formula is C10H9O. The van der Waals surface area contributed by atoms with E-state index >= 15 is 0 Å². The molecule has 1 heterocycles. The Balaban J connectivity index is 2.76. The highest BCUT2D eigenvalue weighted by Crippen LogP contribution is 2.19. The molecule has 1 aromatic carbocycles. The molecule has 0 saturated carbocycles. The maximum absolute atomic E-state index is 5.28. The molecule has 0 aliphatic rings. The van der Waals surface area contributed by atoms with Gasteiger partial charge in [-0.2, -0.15) is 0 Å². The summed E-state index contributed by atoms with van der Waals surface area (Å²) in [5.74, 6) is 0. The van der Waals surface area contributed by atoms with Gasteiger partial charge < -0.3 is 4.42 Å². The molecule has 0 bridgehead atoms. The number of hydrogen-bond acceptors (Lipinski definition) is 1. The second-order valence-electron chi connectivity index (χ2n) is 2.53. The monoisotopic (exact) mass is 145 g/mol. The van der Waals surface area contributed by atoms with Crippen LogP contribution in [0.15, 0.2) is 28.9 Å². The molecule has 0 amide bonds. The summed E-state index contributed by atoms with van der Waals surface area (Å²) in [7, 11) is 0. The van der Waals surface area contributed by atoms with Gasteiger partial charge in [0.1, 0.15) is 5.58 Å². The van der Waals surface area contributed by atoms with Gasteiger partial charge >= 0.3 is 0 Å². The van der Waals surface area contributed by atoms with E-state index < -0.39 is 0 Å². The van der Waals surface area contributed by atoms with Gasteiger partial charge in [0.15, 0.2) is 0 Å². The number of rotatable bonds is 1. The topological polar surface area (TPSA) is 13.1 Å². The first-order chi connectivity index (χ1) is 5.42. The highest BCUT2D eigenvalue weighted by molar-refractivity contribution is 5.80. The lowest BCUT2D eigenvalue weighted by molar-refractivity contribution is 0.610. The molecule has 1 radical (unpaired) electrons. The molecular weight excluding hydrogens is 136 g/mol. The van der Waals surface area contributed by atoms with Crippen molar-refractivity contribution in [2.75, 3.05) is 0 Å². The van der Waals surface area contributed by atoms with E-state index in [1.807, 2.05) is 12.1 Å². The molecule has 1 heteroatoms. The average Bonchev–Trinajstić information content (AvgIpc) is 2.47. The van der Waals surface area contributed by atoms with Crippen LogP contribution in [-0.2, 0) is 6.42 Å². The summed E-state index contributed by atoms with van der Waals surface area (Å²) in [6, 6.07) is 8.95. The molecule has 0 aliphatic heterocycles. The van der Waals surface area contributed by atoms with E-state index in [9.17, 15) is 0 Å². The first-order valence-electron chi connectivity index (χ1n) is 3.78. The van der Waals surface area contributed by atoms with Crippen molar-refractivity contribution in [2.45, 2.75) is 13.3 Å². The second-order valence-corrected chi connectivity index (χ2v) is 2.53. The van der Waals surface area contributed by atoms with Gasteiger partial charge in [-0.05, 0) is 12.0 Å². The average molecular weight is 145 g/mol. The molecule has 0 spiro atoms. The third kappa shape index (κ3) is 0.929. The first-order valence-corrected chi connectivity index (χ1v) is 3.78. The van der Waals surface area contributed by atoms with Gasteiger partial charge in [0, 0.05) is 11.5 Å². The first kappa shape index (κ1) is 6.47. The van der Waals surface area contributed by atoms with Crippen molar-refractivity contribution in [3.63, 3.8) is 0 Å². The van der Waals surface area contributed by atoms with Gasteiger partial charge in [0.05, 0.1) is 6.26 Å². The van der Waals surface area contributed by atoms with E-state index in [0.29, 0.717) is 0 Å². The summed E-state index contributed by atoms with van der Waals surface area (Å²) in [5, 5.41) is 1.19. The number of benzene rings is 1. The summed E-state index contributed by atoms with van der Waals surface area (Å²) in [5.41, 5.74) is 2.13. The predicted octanol–water partition coefficient (Wildman–Crippen LogP) is 2.80. The van der Waals surface area contributed by atoms with E-state index in [1.165, 1.54) is 10.9 Å². The second kappa shape index (κ2) is 2.42. The van der Waals surface area contributed by atoms with Gasteiger partial charge in [-0.3, -0.25) is 0 Å². The van der Waals surface area contributed by atoms with Crippen LogP contribution in [0.2, 0.25) is 0 Å². The number of hydrogen-bond donors (Lipinski definition) is 0. The summed E-state index contributed by atoms with van der Waals surface area (Å²) >= 11 is 0. The fourth-order valence-electron chi connectivity index (χ4n) is 1.24. The minimum atomic E-state index is 0.865. The Hall–Kier alpha value is -1.24. The van der Waals surface area contributed by atoms with Crippen LogP contribution in [0.1, 0.15) is 12.5 Å². The smallest absolute Gasteiger partial charge is 0.142 e. The summed E-state index contributed by atoms with van der Waals surface area (Å²) in [6.07, 6.45) is 2.83. The van der Waals surface area contributed by atoms with Crippen LogP contribution in [0, 0.1) is 6.07 Å². The lowest BCUT2D eigenvalue weighted by Gasteiger charge is -1.88. The van der Waals surface area contributed by atoms with Crippen LogP contribution in [0.5, 0.6) is 0 Å². The van der Waals surface area contributed by atoms with Crippen LogP contribution in [-0.4, -0.2) is 0 Å². The van der Waals surface area contributed by atoms with Crippen molar-refractivity contribution in [1.82, 2.24) is 0 Å². The van der Waals surface area contributed by atoms with E-state index in [4.69, 9.17) is 4.42 Å². The Morgan fingerprint density at radius 2 is 2.45 bits per heavy atom. The van der Waals surface area contributed by atoms with E-state index in [0.717, 1.165) is 12.0 Å². The molecule has 2 rings (SSSR count). The Morgan fingerprint density at radius 1 is 1.55 bits per heavy atom. The maximum Gasteiger partial charge on any atom is 0.142 e. The third-order valence-electron chi connectivity index (χ3n) is 1.86. The standard InChI is InChI=1S/C10H9O/c1-2-8-7-11-10-6-4-3-5-9(8)10/h3-5,7H,2H2,1H3. The highest BCUT2D eigenvalue weighted by atomic mass is 16.3. The third-order valence-corrected chi connectivity index (χ3v) is 1.86. The predicted molar refractivity (Wildman–Crippen MR) is 44.4 cm³/mol. The van der Waals surface area contributed by atoms with Crippen molar-refractivity contribution in [2.24, 2.45) is 0 Å². The zero-order valence-corrected chi connectivity index (χ0v) is 6.42. The van der Waals surface area contributed by atoms with Crippen LogP contribution in [0.3, 0.4) is 0 Å². The highest BCUT2D eigenvalue weighted by Gasteiger charge is 2.00. The maximum atomic E-state index is 5.28. The number of para-hydroxylation sites is 1. The minimum absolute atomic E-state index is 0.865. The fraction of sp³-hybridized carbons (Fsp3) is 0.200. The molecule has 0 fully saturated rings. The minimum Gasteiger partial charge on any atom is -0.463 e. The molecule has 0 atom stereocenters. The lowest BCUT2D eigenvalue weighted by atomic mass is 10.1. The quantitative estimate of drug-likeness (QED) is 0.601. The molecule has 0 saturated heterocycles. The SMILES string of the molecule is CCc1coc2[c]cccc12. The molecule has 2 aromatic rings. The molecule has 0 aliphatic carbocycles. The summed E-state index contributed by atoms with van der Waals surface area (Å²) < 4.78 is 5.28. The zero-order valence-electron chi connectivity index (χ0n) is 6.42. The van der Waals surface area contributed by atoms with Crippen LogP contribution in [0.4, 0.5) is 0 Å². The Kier molecular flexibility index (Phi) is 1.42. The normalized spacial score (nSPS) is 10.6. The Bertz CT molecular complexity index is 360. The Morgan fingerprint density at radius 3 is 3.27 bits per heavy atom. The van der Waals surface area contributed by atoms with Crippen LogP contribution in [0.25, 0.3) is 11.0 Å². The number of aryl methyl sites for hydroxylation is 1. The Labute approximate surface area is 65.6 Å².